The van der Waals surface area contributed by atoms with Crippen LogP contribution in [0.5, 0.6) is 0 Å². The molecule has 0 aliphatic heterocycles. The lowest BCUT2D eigenvalue weighted by molar-refractivity contribution is -0.146. The molecule has 0 fully saturated rings. The van der Waals surface area contributed by atoms with Gasteiger partial charge in [-0.05, 0) is 26.2 Å². The zero-order chi connectivity index (χ0) is 11.1. The van der Waals surface area contributed by atoms with Gasteiger partial charge in [-0.25, -0.2) is 0 Å². The van der Waals surface area contributed by atoms with E-state index < -0.39 is 0 Å². The molecule has 1 rings (SSSR count). The Bertz CT molecular complexity index is 231. The quantitative estimate of drug-likeness (QED) is 0.365. The van der Waals surface area contributed by atoms with Crippen LogP contribution in [-0.2, 0) is 9.53 Å². The van der Waals surface area contributed by atoms with Crippen molar-refractivity contribution in [2.75, 3.05) is 6.61 Å². The standard InChI is InChI=1S/C13H22O2/c1-3-5-6-7-8-11-9-12(10-11)13(14)15-4-2/h9,12H,3-8,10H2,1-2H3. The van der Waals surface area contributed by atoms with Crippen molar-refractivity contribution in [3.05, 3.63) is 11.6 Å². The Morgan fingerprint density at radius 2 is 2.13 bits per heavy atom. The Hall–Kier alpha value is -0.790. The highest BCUT2D eigenvalue weighted by atomic mass is 16.5. The fourth-order valence-corrected chi connectivity index (χ4v) is 1.90. The summed E-state index contributed by atoms with van der Waals surface area (Å²) in [5.41, 5.74) is 1.45. The van der Waals surface area contributed by atoms with E-state index in [1.54, 1.807) is 0 Å². The first-order valence-corrected chi connectivity index (χ1v) is 6.14. The minimum Gasteiger partial charge on any atom is -0.466 e. The third-order valence-electron chi connectivity index (χ3n) is 2.86. The molecule has 15 heavy (non-hydrogen) atoms. The fourth-order valence-electron chi connectivity index (χ4n) is 1.90. The number of carbonyl (C=O) groups is 1. The van der Waals surface area contributed by atoms with Crippen LogP contribution in [0.3, 0.4) is 0 Å². The lowest BCUT2D eigenvalue weighted by atomic mass is 9.83. The molecule has 0 aromatic heterocycles. The zero-order valence-electron chi connectivity index (χ0n) is 9.92. The lowest BCUT2D eigenvalue weighted by Crippen LogP contribution is -2.22. The molecule has 1 aliphatic carbocycles. The normalized spacial score (nSPS) is 19.3. The molecule has 1 aliphatic rings. The Morgan fingerprint density at radius 3 is 2.73 bits per heavy atom. The van der Waals surface area contributed by atoms with Crippen molar-refractivity contribution < 1.29 is 9.53 Å². The van der Waals surface area contributed by atoms with E-state index in [4.69, 9.17) is 4.74 Å². The van der Waals surface area contributed by atoms with Gasteiger partial charge >= 0.3 is 5.97 Å². The second-order valence-electron chi connectivity index (χ2n) is 4.20. The molecule has 0 aromatic rings. The van der Waals surface area contributed by atoms with Crippen LogP contribution >= 0.6 is 0 Å². The Balaban J connectivity index is 2.10. The average molecular weight is 210 g/mol. The van der Waals surface area contributed by atoms with Crippen molar-refractivity contribution in [2.45, 2.75) is 52.4 Å². The van der Waals surface area contributed by atoms with Gasteiger partial charge in [0.25, 0.3) is 0 Å². The smallest absolute Gasteiger partial charge is 0.313 e. The average Bonchev–Trinajstić information content (AvgIpc) is 2.15. The summed E-state index contributed by atoms with van der Waals surface area (Å²) in [6.45, 7) is 4.57. The second kappa shape index (κ2) is 6.65. The summed E-state index contributed by atoms with van der Waals surface area (Å²) in [7, 11) is 0. The van der Waals surface area contributed by atoms with Crippen LogP contribution in [0, 0.1) is 5.92 Å². The summed E-state index contributed by atoms with van der Waals surface area (Å²) < 4.78 is 4.95. The van der Waals surface area contributed by atoms with E-state index in [1.165, 1.54) is 37.7 Å². The fraction of sp³-hybridized carbons (Fsp3) is 0.769. The number of esters is 1. The monoisotopic (exact) mass is 210 g/mol. The largest absolute Gasteiger partial charge is 0.466 e. The van der Waals surface area contributed by atoms with Gasteiger partial charge in [-0.1, -0.05) is 37.8 Å². The summed E-state index contributed by atoms with van der Waals surface area (Å²) >= 11 is 0. The molecular weight excluding hydrogens is 188 g/mol. The van der Waals surface area contributed by atoms with Gasteiger partial charge in [0.15, 0.2) is 0 Å². The maximum atomic E-state index is 11.3. The first-order chi connectivity index (χ1) is 7.27. The first kappa shape index (κ1) is 12.3. The van der Waals surface area contributed by atoms with Crippen LogP contribution in [0.4, 0.5) is 0 Å². The molecule has 0 bridgehead atoms. The zero-order valence-corrected chi connectivity index (χ0v) is 9.92. The number of ether oxygens (including phenoxy) is 1. The molecule has 1 unspecified atom stereocenters. The number of allylic oxidation sites excluding steroid dienone is 1. The Labute approximate surface area is 92.7 Å². The molecule has 0 N–H and O–H groups in total. The predicted octanol–water partition coefficient (Wildman–Crippen LogP) is 3.47. The molecule has 0 radical (unpaired) electrons. The van der Waals surface area contributed by atoms with Crippen molar-refractivity contribution >= 4 is 5.97 Å². The van der Waals surface area contributed by atoms with Crippen molar-refractivity contribution in [3.63, 3.8) is 0 Å². The maximum Gasteiger partial charge on any atom is 0.313 e. The predicted molar refractivity (Wildman–Crippen MR) is 61.6 cm³/mol. The van der Waals surface area contributed by atoms with E-state index in [9.17, 15) is 4.79 Å². The van der Waals surface area contributed by atoms with Gasteiger partial charge in [-0.15, -0.1) is 0 Å². The SMILES string of the molecule is CCCCCCC1=CC(C(=O)OCC)C1. The van der Waals surface area contributed by atoms with E-state index in [0.29, 0.717) is 6.61 Å². The molecule has 2 heteroatoms. The van der Waals surface area contributed by atoms with Gasteiger partial charge in [0.1, 0.15) is 0 Å². The minimum absolute atomic E-state index is 0.0465. The third-order valence-corrected chi connectivity index (χ3v) is 2.86. The Kier molecular flexibility index (Phi) is 5.44. The molecule has 1 atom stereocenters. The maximum absolute atomic E-state index is 11.3. The van der Waals surface area contributed by atoms with Gasteiger partial charge < -0.3 is 4.74 Å². The topological polar surface area (TPSA) is 26.3 Å². The van der Waals surface area contributed by atoms with Crippen LogP contribution < -0.4 is 0 Å². The number of hydrogen-bond acceptors (Lipinski definition) is 2. The molecule has 0 saturated heterocycles. The molecule has 0 heterocycles. The molecule has 86 valence electrons. The van der Waals surface area contributed by atoms with Crippen LogP contribution in [0.2, 0.25) is 0 Å². The number of hydrogen-bond donors (Lipinski definition) is 0. The Morgan fingerprint density at radius 1 is 1.40 bits per heavy atom. The van der Waals surface area contributed by atoms with Crippen molar-refractivity contribution in [3.8, 4) is 0 Å². The van der Waals surface area contributed by atoms with E-state index in [1.807, 2.05) is 6.92 Å². The second-order valence-corrected chi connectivity index (χ2v) is 4.20. The van der Waals surface area contributed by atoms with E-state index >= 15 is 0 Å². The van der Waals surface area contributed by atoms with Gasteiger partial charge in [-0.2, -0.15) is 0 Å². The molecule has 0 aromatic carbocycles. The highest BCUT2D eigenvalue weighted by Crippen LogP contribution is 2.30. The summed E-state index contributed by atoms with van der Waals surface area (Å²) in [6, 6.07) is 0. The van der Waals surface area contributed by atoms with Crippen molar-refractivity contribution in [2.24, 2.45) is 5.92 Å². The highest BCUT2D eigenvalue weighted by Gasteiger charge is 2.26. The summed E-state index contributed by atoms with van der Waals surface area (Å²) in [4.78, 5) is 11.3. The van der Waals surface area contributed by atoms with Gasteiger partial charge in [0, 0.05) is 0 Å². The molecule has 0 spiro atoms. The van der Waals surface area contributed by atoms with E-state index in [2.05, 4.69) is 13.0 Å². The molecule has 0 saturated carbocycles. The van der Waals surface area contributed by atoms with Crippen LogP contribution in [0.15, 0.2) is 11.6 Å². The summed E-state index contributed by atoms with van der Waals surface area (Å²) in [6.07, 6.45) is 9.40. The van der Waals surface area contributed by atoms with Crippen molar-refractivity contribution in [1.29, 1.82) is 0 Å². The van der Waals surface area contributed by atoms with Crippen molar-refractivity contribution in [1.82, 2.24) is 0 Å². The molecule has 0 amide bonds. The number of rotatable bonds is 7. The van der Waals surface area contributed by atoms with Gasteiger partial charge in [-0.3, -0.25) is 4.79 Å². The summed E-state index contributed by atoms with van der Waals surface area (Å²) in [5.74, 6) is 0.0148. The van der Waals surface area contributed by atoms with E-state index in [0.717, 1.165) is 6.42 Å². The molecular formula is C13H22O2. The first-order valence-electron chi connectivity index (χ1n) is 6.14. The van der Waals surface area contributed by atoms with Crippen LogP contribution in [0.1, 0.15) is 52.4 Å². The van der Waals surface area contributed by atoms with Crippen LogP contribution in [0.25, 0.3) is 0 Å². The number of unbranched alkanes of at least 4 members (excludes halogenated alkanes) is 3. The van der Waals surface area contributed by atoms with Gasteiger partial charge in [0.2, 0.25) is 0 Å². The number of carbonyl (C=O) groups excluding carboxylic acids is 1. The lowest BCUT2D eigenvalue weighted by Gasteiger charge is -2.23. The van der Waals surface area contributed by atoms with E-state index in [-0.39, 0.29) is 11.9 Å². The van der Waals surface area contributed by atoms with Crippen LogP contribution in [-0.4, -0.2) is 12.6 Å². The summed E-state index contributed by atoms with van der Waals surface area (Å²) in [5, 5.41) is 0. The minimum atomic E-state index is -0.0465. The van der Waals surface area contributed by atoms with Gasteiger partial charge in [0.05, 0.1) is 12.5 Å². The third kappa shape index (κ3) is 4.06. The highest BCUT2D eigenvalue weighted by molar-refractivity contribution is 5.76. The molecule has 2 nitrogen and oxygen atoms in total.